The first-order valence-electron chi connectivity index (χ1n) is 8.47. The zero-order chi connectivity index (χ0) is 17.9. The Labute approximate surface area is 145 Å². The highest BCUT2D eigenvalue weighted by Gasteiger charge is 2.19. The van der Waals surface area contributed by atoms with E-state index < -0.39 is 0 Å². The van der Waals surface area contributed by atoms with Crippen LogP contribution in [-0.2, 0) is 5.54 Å². The third-order valence-electron chi connectivity index (χ3n) is 4.22. The summed E-state index contributed by atoms with van der Waals surface area (Å²) in [6, 6.07) is 8.46. The molecule has 5 heteroatoms. The number of hydrogen-bond donors (Lipinski definition) is 2. The zero-order valence-electron chi connectivity index (χ0n) is 15.7. The van der Waals surface area contributed by atoms with Gasteiger partial charge >= 0.3 is 0 Å². The molecule has 132 valence electrons. The molecule has 0 spiro atoms. The van der Waals surface area contributed by atoms with E-state index >= 15 is 0 Å². The maximum atomic E-state index is 9.02. The number of likely N-dealkylation sites (N-methyl/N-ethyl adjacent to an activating group) is 1. The number of anilines is 2. The first-order chi connectivity index (χ1) is 11.2. The molecule has 2 N–H and O–H groups in total. The molecule has 2 aromatic rings. The molecular formula is C19H30N4O. The molecule has 0 fully saturated rings. The summed E-state index contributed by atoms with van der Waals surface area (Å²) < 4.78 is 2.03. The molecule has 1 heterocycles. The van der Waals surface area contributed by atoms with Crippen LogP contribution in [0.15, 0.2) is 30.5 Å². The predicted octanol–water partition coefficient (Wildman–Crippen LogP) is 3.55. The number of aryl methyl sites for hydroxylation is 1. The van der Waals surface area contributed by atoms with E-state index in [1.165, 1.54) is 5.56 Å². The summed E-state index contributed by atoms with van der Waals surface area (Å²) in [5.74, 6) is 0. The Bertz CT molecular complexity index is 655. The third-order valence-corrected chi connectivity index (χ3v) is 4.22. The second kappa shape index (κ2) is 7.26. The van der Waals surface area contributed by atoms with E-state index in [2.05, 4.69) is 75.5 Å². The van der Waals surface area contributed by atoms with Gasteiger partial charge in [0.1, 0.15) is 0 Å². The van der Waals surface area contributed by atoms with Crippen LogP contribution in [0.5, 0.6) is 0 Å². The minimum atomic E-state index is -0.0122. The van der Waals surface area contributed by atoms with Gasteiger partial charge in [-0.2, -0.15) is 5.10 Å². The standard InChI is InChI=1S/C19H30N4O/c1-14(18-13-23(19(3,4)5)21-15(18)2)20-16-7-9-17(10-8-16)22(6)11-12-24/h7-10,13-14,20,24H,11-12H2,1-6H3. The largest absolute Gasteiger partial charge is 0.395 e. The summed E-state index contributed by atoms with van der Waals surface area (Å²) in [6.45, 7) is 11.5. The van der Waals surface area contributed by atoms with Crippen LogP contribution in [0.1, 0.15) is 45.0 Å². The molecule has 0 aliphatic heterocycles. The summed E-state index contributed by atoms with van der Waals surface area (Å²) >= 11 is 0. The summed E-state index contributed by atoms with van der Waals surface area (Å²) in [5, 5.41) is 17.2. The third kappa shape index (κ3) is 4.29. The van der Waals surface area contributed by atoms with Crippen LogP contribution in [0.3, 0.4) is 0 Å². The minimum absolute atomic E-state index is 0.0122. The van der Waals surface area contributed by atoms with Crippen molar-refractivity contribution in [3.8, 4) is 0 Å². The predicted molar refractivity (Wildman–Crippen MR) is 101 cm³/mol. The topological polar surface area (TPSA) is 53.3 Å². The molecule has 5 nitrogen and oxygen atoms in total. The van der Waals surface area contributed by atoms with Gasteiger partial charge in [0.25, 0.3) is 0 Å². The van der Waals surface area contributed by atoms with Crippen LogP contribution >= 0.6 is 0 Å². The van der Waals surface area contributed by atoms with Gasteiger partial charge in [0.05, 0.1) is 23.9 Å². The van der Waals surface area contributed by atoms with Crippen molar-refractivity contribution in [1.82, 2.24) is 9.78 Å². The normalized spacial score (nSPS) is 13.0. The van der Waals surface area contributed by atoms with Crippen molar-refractivity contribution in [2.75, 3.05) is 30.4 Å². The highest BCUT2D eigenvalue weighted by atomic mass is 16.3. The van der Waals surface area contributed by atoms with E-state index in [0.717, 1.165) is 17.1 Å². The number of aliphatic hydroxyl groups is 1. The Morgan fingerprint density at radius 1 is 1.25 bits per heavy atom. The molecule has 0 amide bonds. The molecule has 0 saturated heterocycles. The molecular weight excluding hydrogens is 300 g/mol. The molecule has 1 aromatic heterocycles. The number of nitrogens with one attached hydrogen (secondary N) is 1. The van der Waals surface area contributed by atoms with Crippen LogP contribution in [0.4, 0.5) is 11.4 Å². The Morgan fingerprint density at radius 3 is 2.38 bits per heavy atom. The van der Waals surface area contributed by atoms with Gasteiger partial charge in [-0.3, -0.25) is 4.68 Å². The molecule has 1 atom stereocenters. The summed E-state index contributed by atoms with van der Waals surface area (Å²) in [4.78, 5) is 2.03. The van der Waals surface area contributed by atoms with Crippen LogP contribution in [0, 0.1) is 6.92 Å². The monoisotopic (exact) mass is 330 g/mol. The fourth-order valence-electron chi connectivity index (χ4n) is 2.66. The van der Waals surface area contributed by atoms with Crippen molar-refractivity contribution >= 4 is 11.4 Å². The van der Waals surface area contributed by atoms with Gasteiger partial charge in [-0.15, -0.1) is 0 Å². The second-order valence-corrected chi connectivity index (χ2v) is 7.34. The Kier molecular flexibility index (Phi) is 5.54. The summed E-state index contributed by atoms with van der Waals surface area (Å²) in [7, 11) is 1.98. The maximum Gasteiger partial charge on any atom is 0.0646 e. The van der Waals surface area contributed by atoms with Gasteiger partial charge in [-0.1, -0.05) is 0 Å². The van der Waals surface area contributed by atoms with Gasteiger partial charge in [-0.05, 0) is 58.9 Å². The van der Waals surface area contributed by atoms with E-state index in [-0.39, 0.29) is 18.2 Å². The fraction of sp³-hybridized carbons (Fsp3) is 0.526. The van der Waals surface area contributed by atoms with Crippen molar-refractivity contribution in [2.45, 2.75) is 46.2 Å². The first-order valence-corrected chi connectivity index (χ1v) is 8.47. The Morgan fingerprint density at radius 2 is 1.88 bits per heavy atom. The molecule has 24 heavy (non-hydrogen) atoms. The summed E-state index contributed by atoms with van der Waals surface area (Å²) in [5.41, 5.74) is 4.43. The second-order valence-electron chi connectivity index (χ2n) is 7.34. The van der Waals surface area contributed by atoms with Crippen molar-refractivity contribution in [1.29, 1.82) is 0 Å². The van der Waals surface area contributed by atoms with Crippen LogP contribution < -0.4 is 10.2 Å². The molecule has 0 bridgehead atoms. The van der Waals surface area contributed by atoms with Gasteiger partial charge in [0.15, 0.2) is 0 Å². The highest BCUT2D eigenvalue weighted by molar-refractivity contribution is 5.55. The lowest BCUT2D eigenvalue weighted by Crippen LogP contribution is -2.22. The highest BCUT2D eigenvalue weighted by Crippen LogP contribution is 2.25. The number of aliphatic hydroxyl groups excluding tert-OH is 1. The zero-order valence-corrected chi connectivity index (χ0v) is 15.7. The smallest absolute Gasteiger partial charge is 0.0646 e. The van der Waals surface area contributed by atoms with E-state index in [9.17, 15) is 0 Å². The number of nitrogens with zero attached hydrogens (tertiary/aromatic N) is 3. The van der Waals surface area contributed by atoms with Gasteiger partial charge in [-0.25, -0.2) is 0 Å². The molecule has 1 aromatic carbocycles. The van der Waals surface area contributed by atoms with Crippen LogP contribution in [0.2, 0.25) is 0 Å². The average Bonchev–Trinajstić information content (AvgIpc) is 2.90. The van der Waals surface area contributed by atoms with Gasteiger partial charge < -0.3 is 15.3 Å². The maximum absolute atomic E-state index is 9.02. The Hall–Kier alpha value is -2.01. The SMILES string of the molecule is Cc1nn(C(C)(C)C)cc1C(C)Nc1ccc(N(C)CCO)cc1. The van der Waals surface area contributed by atoms with Gasteiger partial charge in [0, 0.05) is 36.7 Å². The average molecular weight is 330 g/mol. The number of rotatable bonds is 6. The van der Waals surface area contributed by atoms with Gasteiger partial charge in [0.2, 0.25) is 0 Å². The lowest BCUT2D eigenvalue weighted by atomic mass is 10.1. The van der Waals surface area contributed by atoms with Crippen molar-refractivity contribution in [2.24, 2.45) is 0 Å². The quantitative estimate of drug-likeness (QED) is 0.850. The van der Waals surface area contributed by atoms with E-state index in [1.54, 1.807) is 0 Å². The minimum Gasteiger partial charge on any atom is -0.395 e. The van der Waals surface area contributed by atoms with Crippen molar-refractivity contribution in [3.05, 3.63) is 41.7 Å². The summed E-state index contributed by atoms with van der Waals surface area (Å²) in [6.07, 6.45) is 2.14. The Balaban J connectivity index is 2.10. The molecule has 0 aliphatic rings. The molecule has 0 radical (unpaired) electrons. The molecule has 0 saturated carbocycles. The molecule has 0 aliphatic carbocycles. The molecule has 2 rings (SSSR count). The van der Waals surface area contributed by atoms with E-state index in [4.69, 9.17) is 5.11 Å². The number of benzene rings is 1. The lowest BCUT2D eigenvalue weighted by molar-refractivity contribution is 0.304. The number of aromatic nitrogens is 2. The van der Waals surface area contributed by atoms with E-state index in [0.29, 0.717) is 6.54 Å². The van der Waals surface area contributed by atoms with Crippen molar-refractivity contribution < 1.29 is 5.11 Å². The molecule has 1 unspecified atom stereocenters. The first kappa shape index (κ1) is 18.3. The van der Waals surface area contributed by atoms with Crippen LogP contribution in [-0.4, -0.2) is 35.1 Å². The lowest BCUT2D eigenvalue weighted by Gasteiger charge is -2.20. The van der Waals surface area contributed by atoms with Crippen LogP contribution in [0.25, 0.3) is 0 Å². The fourth-order valence-corrected chi connectivity index (χ4v) is 2.66. The number of hydrogen-bond acceptors (Lipinski definition) is 4. The van der Waals surface area contributed by atoms with E-state index in [1.807, 2.05) is 16.6 Å². The van der Waals surface area contributed by atoms with Crippen molar-refractivity contribution in [3.63, 3.8) is 0 Å².